The molecule has 2 heteroatoms. The van der Waals surface area contributed by atoms with E-state index in [1.807, 2.05) is 0 Å². The molecule has 0 radical (unpaired) electrons. The van der Waals surface area contributed by atoms with Crippen LogP contribution in [0.4, 0.5) is 0 Å². The fraction of sp³-hybridized carbons (Fsp3) is 1.00. The molecule has 2 aliphatic rings. The third kappa shape index (κ3) is 3.21. The van der Waals surface area contributed by atoms with E-state index in [1.54, 1.807) is 0 Å². The van der Waals surface area contributed by atoms with Gasteiger partial charge in [-0.1, -0.05) is 26.2 Å². The van der Waals surface area contributed by atoms with Gasteiger partial charge in [-0.15, -0.1) is 0 Å². The average molecular weight is 224 g/mol. The molecule has 94 valence electrons. The topological polar surface area (TPSA) is 29.3 Å². The van der Waals surface area contributed by atoms with Gasteiger partial charge in [0.15, 0.2) is 0 Å². The maximum atomic E-state index is 6.32. The summed E-state index contributed by atoms with van der Waals surface area (Å²) in [5, 5.41) is 0. The van der Waals surface area contributed by atoms with Crippen molar-refractivity contribution in [2.24, 2.45) is 11.7 Å². The zero-order chi connectivity index (χ0) is 11.4. The van der Waals surface area contributed by atoms with Gasteiger partial charge in [0, 0.05) is 12.1 Å². The number of likely N-dealkylation sites (tertiary alicyclic amines) is 1. The van der Waals surface area contributed by atoms with Gasteiger partial charge < -0.3 is 5.73 Å². The Labute approximate surface area is 101 Å². The molecule has 2 N–H and O–H groups in total. The van der Waals surface area contributed by atoms with E-state index in [2.05, 4.69) is 11.8 Å². The molecule has 3 unspecified atom stereocenters. The minimum Gasteiger partial charge on any atom is -0.326 e. The van der Waals surface area contributed by atoms with E-state index in [1.165, 1.54) is 64.5 Å². The minimum absolute atomic E-state index is 0.440. The molecule has 3 atom stereocenters. The molecule has 1 aliphatic carbocycles. The quantitative estimate of drug-likeness (QED) is 0.742. The van der Waals surface area contributed by atoms with E-state index in [-0.39, 0.29) is 0 Å². The molecular weight excluding hydrogens is 196 g/mol. The lowest BCUT2D eigenvalue weighted by Crippen LogP contribution is -2.51. The Morgan fingerprint density at radius 1 is 0.938 bits per heavy atom. The largest absolute Gasteiger partial charge is 0.326 e. The summed E-state index contributed by atoms with van der Waals surface area (Å²) in [6, 6.07) is 1.12. The van der Waals surface area contributed by atoms with E-state index in [9.17, 15) is 0 Å². The zero-order valence-corrected chi connectivity index (χ0v) is 10.8. The Kier molecular flexibility index (Phi) is 4.66. The second kappa shape index (κ2) is 6.02. The van der Waals surface area contributed by atoms with Gasteiger partial charge in [0.05, 0.1) is 0 Å². The smallest absolute Gasteiger partial charge is 0.0249 e. The molecule has 1 aliphatic heterocycles. The van der Waals surface area contributed by atoms with Gasteiger partial charge in [-0.2, -0.15) is 0 Å². The molecule has 0 aromatic rings. The monoisotopic (exact) mass is 224 g/mol. The Morgan fingerprint density at radius 3 is 2.25 bits per heavy atom. The maximum Gasteiger partial charge on any atom is 0.0249 e. The number of hydrogen-bond donors (Lipinski definition) is 1. The van der Waals surface area contributed by atoms with Crippen molar-refractivity contribution in [1.29, 1.82) is 0 Å². The molecule has 1 saturated carbocycles. The highest BCUT2D eigenvalue weighted by molar-refractivity contribution is 4.88. The summed E-state index contributed by atoms with van der Waals surface area (Å²) in [6.07, 6.45) is 11.0. The lowest BCUT2D eigenvalue weighted by Gasteiger charge is -2.41. The van der Waals surface area contributed by atoms with Crippen molar-refractivity contribution in [3.63, 3.8) is 0 Å². The van der Waals surface area contributed by atoms with Crippen molar-refractivity contribution in [1.82, 2.24) is 4.90 Å². The second-order valence-electron chi connectivity index (χ2n) is 5.95. The normalized spacial score (nSPS) is 39.0. The van der Waals surface area contributed by atoms with Crippen LogP contribution in [0.1, 0.15) is 58.3 Å². The predicted octanol–water partition coefficient (Wildman–Crippen LogP) is 2.77. The van der Waals surface area contributed by atoms with Crippen molar-refractivity contribution in [3.05, 3.63) is 0 Å². The highest BCUT2D eigenvalue weighted by Crippen LogP contribution is 2.28. The van der Waals surface area contributed by atoms with Gasteiger partial charge in [0.2, 0.25) is 0 Å². The van der Waals surface area contributed by atoms with Crippen LogP contribution in [0.15, 0.2) is 0 Å². The fourth-order valence-corrected chi connectivity index (χ4v) is 3.40. The molecule has 2 nitrogen and oxygen atoms in total. The van der Waals surface area contributed by atoms with Crippen LogP contribution in [-0.4, -0.2) is 30.1 Å². The van der Waals surface area contributed by atoms with E-state index < -0.39 is 0 Å². The number of nitrogens with two attached hydrogens (primary N) is 1. The number of hydrogen-bond acceptors (Lipinski definition) is 2. The number of nitrogens with zero attached hydrogens (tertiary/aromatic N) is 1. The van der Waals surface area contributed by atoms with Gasteiger partial charge in [-0.3, -0.25) is 4.90 Å². The van der Waals surface area contributed by atoms with E-state index in [0.29, 0.717) is 12.1 Å². The summed E-state index contributed by atoms with van der Waals surface area (Å²) in [4.78, 5) is 2.71. The van der Waals surface area contributed by atoms with Crippen molar-refractivity contribution in [2.75, 3.05) is 13.1 Å². The first kappa shape index (κ1) is 12.4. The van der Waals surface area contributed by atoms with Crippen LogP contribution in [-0.2, 0) is 0 Å². The summed E-state index contributed by atoms with van der Waals surface area (Å²) in [7, 11) is 0. The Hall–Kier alpha value is -0.0800. The molecule has 16 heavy (non-hydrogen) atoms. The first-order valence-corrected chi connectivity index (χ1v) is 7.27. The van der Waals surface area contributed by atoms with E-state index in [4.69, 9.17) is 5.73 Å². The predicted molar refractivity (Wildman–Crippen MR) is 69.4 cm³/mol. The standard InChI is InChI=1S/C14H28N2/c1-12-7-8-13(15)14(11-12)16-9-5-3-2-4-6-10-16/h12-14H,2-11,15H2,1H3. The van der Waals surface area contributed by atoms with E-state index in [0.717, 1.165) is 5.92 Å². The lowest BCUT2D eigenvalue weighted by molar-refractivity contribution is 0.107. The molecule has 0 aromatic heterocycles. The highest BCUT2D eigenvalue weighted by Gasteiger charge is 2.30. The summed E-state index contributed by atoms with van der Waals surface area (Å²) in [5.41, 5.74) is 6.32. The summed E-state index contributed by atoms with van der Waals surface area (Å²) >= 11 is 0. The third-order valence-corrected chi connectivity index (χ3v) is 4.49. The molecule has 0 amide bonds. The average Bonchev–Trinajstić information content (AvgIpc) is 2.22. The van der Waals surface area contributed by atoms with Crippen LogP contribution in [0.25, 0.3) is 0 Å². The first-order valence-electron chi connectivity index (χ1n) is 7.27. The van der Waals surface area contributed by atoms with Crippen LogP contribution < -0.4 is 5.73 Å². The number of rotatable bonds is 1. The molecule has 0 spiro atoms. The first-order chi connectivity index (χ1) is 7.77. The lowest BCUT2D eigenvalue weighted by atomic mass is 9.82. The van der Waals surface area contributed by atoms with Crippen molar-refractivity contribution in [3.8, 4) is 0 Å². The van der Waals surface area contributed by atoms with E-state index >= 15 is 0 Å². The minimum atomic E-state index is 0.440. The van der Waals surface area contributed by atoms with Gasteiger partial charge in [0.1, 0.15) is 0 Å². The van der Waals surface area contributed by atoms with Crippen molar-refractivity contribution in [2.45, 2.75) is 70.4 Å². The van der Waals surface area contributed by atoms with Gasteiger partial charge in [0.25, 0.3) is 0 Å². The second-order valence-corrected chi connectivity index (χ2v) is 5.95. The Bertz CT molecular complexity index is 197. The summed E-state index contributed by atoms with van der Waals surface area (Å²) in [5.74, 6) is 0.884. The molecule has 0 bridgehead atoms. The van der Waals surface area contributed by atoms with Gasteiger partial charge in [-0.05, 0) is 51.1 Å². The van der Waals surface area contributed by atoms with Crippen molar-refractivity contribution >= 4 is 0 Å². The van der Waals surface area contributed by atoms with Gasteiger partial charge >= 0.3 is 0 Å². The fourth-order valence-electron chi connectivity index (χ4n) is 3.40. The summed E-state index contributed by atoms with van der Waals surface area (Å²) in [6.45, 7) is 4.99. The van der Waals surface area contributed by atoms with Gasteiger partial charge in [-0.25, -0.2) is 0 Å². The molecule has 1 heterocycles. The summed E-state index contributed by atoms with van der Waals surface area (Å²) < 4.78 is 0. The van der Waals surface area contributed by atoms with Crippen LogP contribution in [0.3, 0.4) is 0 Å². The highest BCUT2D eigenvalue weighted by atomic mass is 15.2. The molecule has 2 rings (SSSR count). The maximum absolute atomic E-state index is 6.32. The van der Waals surface area contributed by atoms with Crippen LogP contribution in [0, 0.1) is 5.92 Å². The SMILES string of the molecule is CC1CCC(N)C(N2CCCCCCC2)C1. The molecule has 1 saturated heterocycles. The molecule has 0 aromatic carbocycles. The third-order valence-electron chi connectivity index (χ3n) is 4.49. The Balaban J connectivity index is 1.91. The van der Waals surface area contributed by atoms with Crippen LogP contribution in [0.5, 0.6) is 0 Å². The zero-order valence-electron chi connectivity index (χ0n) is 10.8. The molecule has 2 fully saturated rings. The van der Waals surface area contributed by atoms with Crippen LogP contribution >= 0.6 is 0 Å². The van der Waals surface area contributed by atoms with Crippen molar-refractivity contribution < 1.29 is 0 Å². The Morgan fingerprint density at radius 2 is 1.56 bits per heavy atom. The molecular formula is C14H28N2. The van der Waals surface area contributed by atoms with Crippen LogP contribution in [0.2, 0.25) is 0 Å².